The van der Waals surface area contributed by atoms with Gasteiger partial charge in [-0.15, -0.1) is 0 Å². The van der Waals surface area contributed by atoms with Crippen LogP contribution >= 0.6 is 0 Å². The zero-order valence-corrected chi connectivity index (χ0v) is 11.6. The average Bonchev–Trinajstić information content (AvgIpc) is 3.05. The van der Waals surface area contributed by atoms with E-state index in [4.69, 9.17) is 9.72 Å². The Hall–Kier alpha value is -2.27. The van der Waals surface area contributed by atoms with Gasteiger partial charge < -0.3 is 4.74 Å². The molecule has 0 aliphatic carbocycles. The highest BCUT2D eigenvalue weighted by molar-refractivity contribution is 5.80. The van der Waals surface area contributed by atoms with Crippen LogP contribution in [0, 0.1) is 0 Å². The molecule has 0 spiro atoms. The Morgan fingerprint density at radius 1 is 1.10 bits per heavy atom. The molecular weight excluding hydrogens is 264 g/mol. The van der Waals surface area contributed by atoms with Crippen molar-refractivity contribution in [2.24, 2.45) is 0 Å². The van der Waals surface area contributed by atoms with Crippen LogP contribution in [0.25, 0.3) is 22.3 Å². The van der Waals surface area contributed by atoms with E-state index >= 15 is 0 Å². The van der Waals surface area contributed by atoms with Gasteiger partial charge in [-0.1, -0.05) is 6.07 Å². The average molecular weight is 280 g/mol. The van der Waals surface area contributed by atoms with Crippen LogP contribution in [-0.4, -0.2) is 26.4 Å². The van der Waals surface area contributed by atoms with Crippen molar-refractivity contribution >= 4 is 10.9 Å². The molecule has 21 heavy (non-hydrogen) atoms. The van der Waals surface area contributed by atoms with Crippen molar-refractivity contribution in [1.82, 2.24) is 19.7 Å². The number of nitrogens with zero attached hydrogens (tertiary/aromatic N) is 4. The van der Waals surface area contributed by atoms with Gasteiger partial charge in [0.25, 0.3) is 0 Å². The van der Waals surface area contributed by atoms with Crippen molar-refractivity contribution in [2.75, 3.05) is 6.61 Å². The highest BCUT2D eigenvalue weighted by Gasteiger charge is 2.20. The molecule has 0 saturated carbocycles. The first-order valence-electron chi connectivity index (χ1n) is 7.28. The fourth-order valence-corrected chi connectivity index (χ4v) is 2.77. The molecule has 106 valence electrons. The molecule has 1 aliphatic heterocycles. The Balaban J connectivity index is 1.76. The monoisotopic (exact) mass is 280 g/mol. The Labute approximate surface area is 122 Å². The van der Waals surface area contributed by atoms with Gasteiger partial charge in [-0.05, 0) is 37.5 Å². The molecule has 1 fully saturated rings. The predicted molar refractivity (Wildman–Crippen MR) is 79.6 cm³/mol. The summed E-state index contributed by atoms with van der Waals surface area (Å²) < 4.78 is 7.78. The van der Waals surface area contributed by atoms with Gasteiger partial charge >= 0.3 is 0 Å². The van der Waals surface area contributed by atoms with Crippen molar-refractivity contribution in [1.29, 1.82) is 0 Å². The molecule has 1 atom stereocenters. The van der Waals surface area contributed by atoms with Gasteiger partial charge in [0.15, 0.2) is 6.23 Å². The fourth-order valence-electron chi connectivity index (χ4n) is 2.77. The van der Waals surface area contributed by atoms with Crippen LogP contribution in [0.5, 0.6) is 0 Å². The summed E-state index contributed by atoms with van der Waals surface area (Å²) >= 11 is 0. The quantitative estimate of drug-likeness (QED) is 0.723. The van der Waals surface area contributed by atoms with E-state index in [1.54, 1.807) is 12.4 Å². The molecule has 4 heterocycles. The minimum atomic E-state index is 0.0233. The maximum atomic E-state index is 5.83. The molecule has 1 unspecified atom stereocenters. The minimum absolute atomic E-state index is 0.0233. The summed E-state index contributed by atoms with van der Waals surface area (Å²) in [5, 5.41) is 5.52. The number of fused-ring (bicyclic) bond motifs is 1. The van der Waals surface area contributed by atoms with E-state index in [0.29, 0.717) is 0 Å². The van der Waals surface area contributed by atoms with Gasteiger partial charge in [0.05, 0.1) is 23.1 Å². The Morgan fingerprint density at radius 2 is 2.10 bits per heavy atom. The van der Waals surface area contributed by atoms with Crippen molar-refractivity contribution in [3.63, 3.8) is 0 Å². The number of rotatable bonds is 2. The first-order chi connectivity index (χ1) is 10.4. The summed E-state index contributed by atoms with van der Waals surface area (Å²) in [7, 11) is 0. The van der Waals surface area contributed by atoms with E-state index in [9.17, 15) is 0 Å². The lowest BCUT2D eigenvalue weighted by Crippen LogP contribution is -2.20. The van der Waals surface area contributed by atoms with E-state index in [0.717, 1.165) is 41.7 Å². The fraction of sp³-hybridized carbons (Fsp3) is 0.312. The SMILES string of the molecule is c1cc2ccc(-c3ccnn3C3CCCCO3)nc2cn1. The minimum Gasteiger partial charge on any atom is -0.356 e. The molecule has 0 radical (unpaired) electrons. The number of hydrogen-bond acceptors (Lipinski definition) is 4. The van der Waals surface area contributed by atoms with Gasteiger partial charge in [-0.3, -0.25) is 4.98 Å². The van der Waals surface area contributed by atoms with Crippen LogP contribution in [0.4, 0.5) is 0 Å². The second-order valence-corrected chi connectivity index (χ2v) is 5.25. The third kappa shape index (κ3) is 2.29. The summed E-state index contributed by atoms with van der Waals surface area (Å²) in [6, 6.07) is 8.05. The van der Waals surface area contributed by atoms with E-state index in [2.05, 4.69) is 16.1 Å². The summed E-state index contributed by atoms with van der Waals surface area (Å²) in [6.45, 7) is 0.805. The smallest absolute Gasteiger partial charge is 0.150 e. The van der Waals surface area contributed by atoms with Crippen LogP contribution in [0.3, 0.4) is 0 Å². The number of pyridine rings is 2. The van der Waals surface area contributed by atoms with Crippen LogP contribution in [0.1, 0.15) is 25.5 Å². The lowest BCUT2D eigenvalue weighted by molar-refractivity contribution is -0.0384. The topological polar surface area (TPSA) is 52.8 Å². The lowest BCUT2D eigenvalue weighted by atomic mass is 10.1. The van der Waals surface area contributed by atoms with E-state index in [1.807, 2.05) is 29.1 Å². The van der Waals surface area contributed by atoms with Crippen molar-refractivity contribution < 1.29 is 4.74 Å². The van der Waals surface area contributed by atoms with E-state index in [-0.39, 0.29) is 6.23 Å². The predicted octanol–water partition coefficient (Wildman–Crippen LogP) is 3.19. The molecular formula is C16H16N4O. The molecule has 0 amide bonds. The van der Waals surface area contributed by atoms with Crippen LogP contribution in [-0.2, 0) is 4.74 Å². The third-order valence-electron chi connectivity index (χ3n) is 3.86. The lowest BCUT2D eigenvalue weighted by Gasteiger charge is -2.24. The zero-order valence-electron chi connectivity index (χ0n) is 11.6. The molecule has 3 aromatic rings. The number of ether oxygens (including phenoxy) is 1. The maximum absolute atomic E-state index is 5.83. The highest BCUT2D eigenvalue weighted by Crippen LogP contribution is 2.28. The number of aromatic nitrogens is 4. The van der Waals surface area contributed by atoms with Crippen molar-refractivity contribution in [2.45, 2.75) is 25.5 Å². The summed E-state index contributed by atoms with van der Waals surface area (Å²) in [6.07, 6.45) is 8.72. The van der Waals surface area contributed by atoms with Gasteiger partial charge in [0.1, 0.15) is 0 Å². The summed E-state index contributed by atoms with van der Waals surface area (Å²) in [5.74, 6) is 0. The van der Waals surface area contributed by atoms with E-state index in [1.165, 1.54) is 6.42 Å². The standard InChI is InChI=1S/C16H16N4O/c1-2-10-21-16(3-1)20-15(7-9-18-20)13-5-4-12-6-8-17-11-14(12)19-13/h4-9,11,16H,1-3,10H2. The molecule has 0 aromatic carbocycles. The highest BCUT2D eigenvalue weighted by atomic mass is 16.5. The largest absolute Gasteiger partial charge is 0.356 e. The molecule has 0 bridgehead atoms. The molecule has 5 nitrogen and oxygen atoms in total. The van der Waals surface area contributed by atoms with Crippen LogP contribution in [0.15, 0.2) is 42.9 Å². The first-order valence-corrected chi connectivity index (χ1v) is 7.28. The van der Waals surface area contributed by atoms with E-state index < -0.39 is 0 Å². The molecule has 5 heteroatoms. The Kier molecular flexibility index (Phi) is 3.12. The zero-order chi connectivity index (χ0) is 14.1. The van der Waals surface area contributed by atoms with Crippen molar-refractivity contribution in [3.8, 4) is 11.4 Å². The Bertz CT molecular complexity index is 762. The van der Waals surface area contributed by atoms with Crippen LogP contribution in [0.2, 0.25) is 0 Å². The summed E-state index contributed by atoms with van der Waals surface area (Å²) in [5.41, 5.74) is 2.79. The van der Waals surface area contributed by atoms with Crippen LogP contribution < -0.4 is 0 Å². The van der Waals surface area contributed by atoms with Crippen molar-refractivity contribution in [3.05, 3.63) is 42.9 Å². The maximum Gasteiger partial charge on any atom is 0.150 e. The third-order valence-corrected chi connectivity index (χ3v) is 3.86. The molecule has 0 N–H and O–H groups in total. The van der Waals surface area contributed by atoms with Gasteiger partial charge in [-0.25, -0.2) is 9.67 Å². The molecule has 3 aromatic heterocycles. The normalized spacial score (nSPS) is 19.0. The van der Waals surface area contributed by atoms with Gasteiger partial charge in [0.2, 0.25) is 0 Å². The second-order valence-electron chi connectivity index (χ2n) is 5.25. The summed E-state index contributed by atoms with van der Waals surface area (Å²) in [4.78, 5) is 8.83. The first kappa shape index (κ1) is 12.5. The number of hydrogen-bond donors (Lipinski definition) is 0. The molecule has 1 saturated heterocycles. The second kappa shape index (κ2) is 5.26. The Morgan fingerprint density at radius 3 is 3.00 bits per heavy atom. The van der Waals surface area contributed by atoms with Gasteiger partial charge in [-0.2, -0.15) is 5.10 Å². The van der Waals surface area contributed by atoms with Gasteiger partial charge in [0, 0.05) is 24.4 Å². The molecule has 4 rings (SSSR count). The molecule has 1 aliphatic rings.